The lowest BCUT2D eigenvalue weighted by atomic mass is 10.1. The van der Waals surface area contributed by atoms with Crippen LogP contribution in [0.3, 0.4) is 0 Å². The predicted octanol–water partition coefficient (Wildman–Crippen LogP) is -1.88. The van der Waals surface area contributed by atoms with Crippen molar-refractivity contribution in [2.45, 2.75) is 25.8 Å². The molecule has 3 saturated heterocycles. The first-order valence-corrected chi connectivity index (χ1v) is 9.15. The zero-order valence-corrected chi connectivity index (χ0v) is 14.7. The number of aromatic amines is 1. The highest BCUT2D eigenvalue weighted by Crippen LogP contribution is 2.34. The molecule has 1 N–H and O–H groups in total. The van der Waals surface area contributed by atoms with Crippen molar-refractivity contribution in [2.24, 2.45) is 0 Å². The number of thiophene rings is 1. The van der Waals surface area contributed by atoms with E-state index >= 15 is 0 Å². The number of hydrogen-bond donors (Lipinski definition) is 1. The van der Waals surface area contributed by atoms with Crippen LogP contribution in [-0.2, 0) is 19.4 Å². The van der Waals surface area contributed by atoms with Crippen LogP contribution in [-0.4, -0.2) is 58.6 Å². The molecular weight excluding hydrogens is 332 g/mol. The van der Waals surface area contributed by atoms with E-state index in [4.69, 9.17) is 4.98 Å². The van der Waals surface area contributed by atoms with Crippen LogP contribution in [0.1, 0.15) is 22.7 Å². The summed E-state index contributed by atoms with van der Waals surface area (Å²) in [6, 6.07) is 0. The Kier molecular flexibility index (Phi) is 3.76. The second-order valence-electron chi connectivity index (χ2n) is 7.06. The summed E-state index contributed by atoms with van der Waals surface area (Å²) in [6.07, 6.45) is 3.37. The fraction of sp³-hybridized carbons (Fsp3) is 0.625. The molecule has 124 valence electrons. The Hall–Kier alpha value is -0.950. The number of H-pyrrole nitrogens is 1. The number of nitrogens with zero attached hydrogens (tertiary/aromatic N) is 3. The molecule has 23 heavy (non-hydrogen) atoms. The van der Waals surface area contributed by atoms with E-state index in [0.29, 0.717) is 0 Å². The SMILES string of the molecule is O=c1[nH]c(C[N+]23CCN(CC2)CC3)nc2sc3c(c12)CCC3.[Cl-]. The van der Waals surface area contributed by atoms with Gasteiger partial charge < -0.3 is 21.9 Å². The number of rotatable bonds is 2. The molecule has 1 aliphatic carbocycles. The third kappa shape index (κ3) is 2.43. The Bertz CT molecular complexity index is 792. The molecule has 3 fully saturated rings. The molecule has 2 aromatic rings. The Balaban J connectivity index is 0.00000135. The van der Waals surface area contributed by atoms with E-state index in [0.717, 1.165) is 39.9 Å². The molecule has 6 rings (SSSR count). The summed E-state index contributed by atoms with van der Waals surface area (Å²) in [5.41, 5.74) is 1.37. The van der Waals surface area contributed by atoms with Crippen LogP contribution in [0.2, 0.25) is 0 Å². The van der Waals surface area contributed by atoms with Crippen molar-refractivity contribution < 1.29 is 16.9 Å². The summed E-state index contributed by atoms with van der Waals surface area (Å²) in [5, 5.41) is 0.879. The normalized spacial score (nSPS) is 28.8. The monoisotopic (exact) mass is 352 g/mol. The van der Waals surface area contributed by atoms with E-state index in [-0.39, 0.29) is 18.0 Å². The maximum atomic E-state index is 12.6. The van der Waals surface area contributed by atoms with E-state index in [1.54, 1.807) is 11.3 Å². The Morgan fingerprint density at radius 3 is 2.65 bits per heavy atom. The van der Waals surface area contributed by atoms with Gasteiger partial charge in [0.25, 0.3) is 5.56 Å². The van der Waals surface area contributed by atoms with Crippen LogP contribution in [0, 0.1) is 0 Å². The summed E-state index contributed by atoms with van der Waals surface area (Å²) in [7, 11) is 0. The fourth-order valence-corrected chi connectivity index (χ4v) is 5.69. The maximum absolute atomic E-state index is 12.6. The highest BCUT2D eigenvalue weighted by Gasteiger charge is 2.39. The first kappa shape index (κ1) is 15.6. The van der Waals surface area contributed by atoms with Gasteiger partial charge in [-0.2, -0.15) is 0 Å². The van der Waals surface area contributed by atoms with Gasteiger partial charge in [0, 0.05) is 24.5 Å². The van der Waals surface area contributed by atoms with Crippen LogP contribution >= 0.6 is 11.3 Å². The summed E-state index contributed by atoms with van der Waals surface area (Å²) >= 11 is 1.75. The molecule has 4 aliphatic rings. The first-order chi connectivity index (χ1) is 10.7. The highest BCUT2D eigenvalue weighted by molar-refractivity contribution is 7.18. The molecule has 2 aromatic heterocycles. The minimum Gasteiger partial charge on any atom is -1.00 e. The average Bonchev–Trinajstić information content (AvgIpc) is 3.08. The third-order valence-electron chi connectivity index (χ3n) is 5.78. The topological polar surface area (TPSA) is 49.0 Å². The number of quaternary nitrogens is 1. The molecule has 0 radical (unpaired) electrons. The van der Waals surface area contributed by atoms with Gasteiger partial charge in [0.1, 0.15) is 11.4 Å². The third-order valence-corrected chi connectivity index (χ3v) is 6.97. The molecule has 5 heterocycles. The smallest absolute Gasteiger partial charge is 0.260 e. The van der Waals surface area contributed by atoms with Crippen LogP contribution in [0.4, 0.5) is 0 Å². The van der Waals surface area contributed by atoms with Gasteiger partial charge >= 0.3 is 0 Å². The zero-order chi connectivity index (χ0) is 14.7. The lowest BCUT2D eigenvalue weighted by molar-refractivity contribution is -0.953. The molecule has 5 nitrogen and oxygen atoms in total. The molecule has 2 bridgehead atoms. The van der Waals surface area contributed by atoms with Crippen molar-refractivity contribution in [3.8, 4) is 0 Å². The number of hydrogen-bond acceptors (Lipinski definition) is 4. The lowest BCUT2D eigenvalue weighted by Crippen LogP contribution is -3.00. The zero-order valence-electron chi connectivity index (χ0n) is 13.1. The van der Waals surface area contributed by atoms with Gasteiger partial charge in [-0.15, -0.1) is 11.3 Å². The van der Waals surface area contributed by atoms with Gasteiger partial charge in [-0.1, -0.05) is 0 Å². The Labute approximate surface area is 145 Å². The van der Waals surface area contributed by atoms with Gasteiger partial charge in [-0.25, -0.2) is 4.98 Å². The predicted molar refractivity (Wildman–Crippen MR) is 87.3 cm³/mol. The fourth-order valence-electron chi connectivity index (χ4n) is 4.41. The van der Waals surface area contributed by atoms with Crippen LogP contribution in [0.15, 0.2) is 4.79 Å². The van der Waals surface area contributed by atoms with E-state index in [2.05, 4.69) is 9.88 Å². The Morgan fingerprint density at radius 1 is 1.17 bits per heavy atom. The van der Waals surface area contributed by atoms with Crippen molar-refractivity contribution in [1.82, 2.24) is 14.9 Å². The number of aryl methyl sites for hydroxylation is 2. The number of piperazine rings is 3. The highest BCUT2D eigenvalue weighted by atomic mass is 35.5. The van der Waals surface area contributed by atoms with Gasteiger partial charge in [-0.3, -0.25) is 9.69 Å². The summed E-state index contributed by atoms with van der Waals surface area (Å²) < 4.78 is 1.11. The molecule has 0 aromatic carbocycles. The van der Waals surface area contributed by atoms with E-state index < -0.39 is 0 Å². The van der Waals surface area contributed by atoms with E-state index in [9.17, 15) is 4.79 Å². The quantitative estimate of drug-likeness (QED) is 0.644. The number of fused-ring (bicyclic) bond motifs is 6. The molecule has 3 aliphatic heterocycles. The summed E-state index contributed by atoms with van der Waals surface area (Å²) in [4.78, 5) is 25.4. The summed E-state index contributed by atoms with van der Waals surface area (Å²) in [5.74, 6) is 0.896. The van der Waals surface area contributed by atoms with Gasteiger partial charge in [0.2, 0.25) is 0 Å². The standard InChI is InChI=1S/C16H20N4OS.ClH/c21-15-14-11-2-1-3-12(11)22-16(14)18-13(17-15)10-20-7-4-19(5-8-20)6-9-20;/h1-10H2;1H. The van der Waals surface area contributed by atoms with E-state index in [1.165, 1.54) is 56.1 Å². The summed E-state index contributed by atoms with van der Waals surface area (Å²) in [6.45, 7) is 8.06. The molecule has 0 atom stereocenters. The van der Waals surface area contributed by atoms with E-state index in [1.807, 2.05) is 0 Å². The minimum atomic E-state index is 0. The second kappa shape index (κ2) is 5.55. The largest absolute Gasteiger partial charge is 1.00 e. The van der Waals surface area contributed by atoms with Crippen molar-refractivity contribution >= 4 is 21.6 Å². The van der Waals surface area contributed by atoms with Crippen LogP contribution < -0.4 is 18.0 Å². The van der Waals surface area contributed by atoms with Crippen molar-refractivity contribution in [1.29, 1.82) is 0 Å². The van der Waals surface area contributed by atoms with Crippen molar-refractivity contribution in [2.75, 3.05) is 39.3 Å². The van der Waals surface area contributed by atoms with Gasteiger partial charge in [-0.05, 0) is 24.8 Å². The van der Waals surface area contributed by atoms with Crippen molar-refractivity contribution in [3.05, 3.63) is 26.6 Å². The number of aromatic nitrogens is 2. The number of halogens is 1. The average molecular weight is 353 g/mol. The molecule has 0 spiro atoms. The van der Waals surface area contributed by atoms with Crippen molar-refractivity contribution in [3.63, 3.8) is 0 Å². The first-order valence-electron chi connectivity index (χ1n) is 8.33. The molecule has 0 saturated carbocycles. The van der Waals surface area contributed by atoms with Gasteiger partial charge in [0.15, 0.2) is 5.82 Å². The maximum Gasteiger partial charge on any atom is 0.260 e. The van der Waals surface area contributed by atoms with Gasteiger partial charge in [0.05, 0.1) is 25.0 Å². The van der Waals surface area contributed by atoms with Crippen LogP contribution in [0.25, 0.3) is 10.2 Å². The Morgan fingerprint density at radius 2 is 1.91 bits per heavy atom. The lowest BCUT2D eigenvalue weighted by Gasteiger charge is -2.50. The molecule has 0 amide bonds. The van der Waals surface area contributed by atoms with Crippen LogP contribution in [0.5, 0.6) is 0 Å². The molecular formula is C16H21ClN4OS. The molecule has 7 heteroatoms. The second-order valence-corrected chi connectivity index (χ2v) is 8.15. The molecule has 0 unspecified atom stereocenters. The minimum absolute atomic E-state index is 0. The number of nitrogens with one attached hydrogen (secondary N) is 1.